The number of nitrogens with two attached hydrogens (primary N) is 1. The summed E-state index contributed by atoms with van der Waals surface area (Å²) < 4.78 is 7.42. The van der Waals surface area contributed by atoms with Gasteiger partial charge in [0.2, 0.25) is 0 Å². The molecule has 1 amide bonds. The average molecular weight is 400 g/mol. The van der Waals surface area contributed by atoms with Crippen LogP contribution in [-0.4, -0.2) is 5.91 Å². The summed E-state index contributed by atoms with van der Waals surface area (Å²) >= 11 is 6.85. The number of ether oxygens (including phenoxy) is 1. The lowest BCUT2D eigenvalue weighted by atomic mass is 10.1. The second kappa shape index (κ2) is 6.88. The highest BCUT2D eigenvalue weighted by molar-refractivity contribution is 9.10. The molecule has 0 atom stereocenters. The van der Waals surface area contributed by atoms with Crippen LogP contribution in [0.15, 0.2) is 51.4 Å². The van der Waals surface area contributed by atoms with Crippen LogP contribution < -0.4 is 16.0 Å². The van der Waals surface area contributed by atoms with Crippen LogP contribution in [0.5, 0.6) is 5.75 Å². The van der Waals surface area contributed by atoms with Crippen LogP contribution in [0.3, 0.4) is 0 Å². The maximum absolute atomic E-state index is 11.4. The van der Waals surface area contributed by atoms with Gasteiger partial charge in [-0.3, -0.25) is 10.2 Å². The lowest BCUT2D eigenvalue weighted by molar-refractivity contribution is 0.0953. The van der Waals surface area contributed by atoms with E-state index in [4.69, 9.17) is 10.6 Å². The summed E-state index contributed by atoms with van der Waals surface area (Å²) in [5, 5.41) is 0. The van der Waals surface area contributed by atoms with Crippen molar-refractivity contribution >= 4 is 37.8 Å². The Morgan fingerprint density at radius 2 is 1.90 bits per heavy atom. The van der Waals surface area contributed by atoms with Gasteiger partial charge in [-0.1, -0.05) is 34.1 Å². The molecule has 2 aromatic rings. The van der Waals surface area contributed by atoms with Crippen LogP contribution in [0, 0.1) is 0 Å². The van der Waals surface area contributed by atoms with Gasteiger partial charge in [0.1, 0.15) is 12.4 Å². The van der Waals surface area contributed by atoms with Gasteiger partial charge in [-0.25, -0.2) is 5.84 Å². The molecule has 2 rings (SSSR count). The van der Waals surface area contributed by atoms with Crippen LogP contribution in [0.25, 0.3) is 0 Å². The Bertz CT molecular complexity index is 632. The normalized spacial score (nSPS) is 10.2. The lowest BCUT2D eigenvalue weighted by Gasteiger charge is -2.10. The Hall–Kier alpha value is -1.37. The van der Waals surface area contributed by atoms with E-state index < -0.39 is 0 Å². The highest BCUT2D eigenvalue weighted by Gasteiger charge is 2.08. The highest BCUT2D eigenvalue weighted by atomic mass is 79.9. The topological polar surface area (TPSA) is 64.3 Å². The molecule has 4 nitrogen and oxygen atoms in total. The van der Waals surface area contributed by atoms with Crippen molar-refractivity contribution in [2.75, 3.05) is 0 Å². The monoisotopic (exact) mass is 398 g/mol. The molecular formula is C14H12Br2N2O2. The van der Waals surface area contributed by atoms with Gasteiger partial charge in [-0.15, -0.1) is 0 Å². The Morgan fingerprint density at radius 1 is 1.15 bits per heavy atom. The van der Waals surface area contributed by atoms with Crippen LogP contribution in [0.1, 0.15) is 15.9 Å². The van der Waals surface area contributed by atoms with Crippen molar-refractivity contribution in [1.29, 1.82) is 0 Å². The number of hydrazine groups is 1. The summed E-state index contributed by atoms with van der Waals surface area (Å²) in [5.74, 6) is 5.54. The number of carbonyl (C=O) groups is 1. The van der Waals surface area contributed by atoms with Crippen molar-refractivity contribution in [2.45, 2.75) is 6.61 Å². The number of amides is 1. The minimum absolute atomic E-state index is 0.330. The fraction of sp³-hybridized carbons (Fsp3) is 0.0714. The average Bonchev–Trinajstić information content (AvgIpc) is 2.46. The van der Waals surface area contributed by atoms with Gasteiger partial charge in [0.15, 0.2) is 0 Å². The smallest absolute Gasteiger partial charge is 0.265 e. The van der Waals surface area contributed by atoms with E-state index in [-0.39, 0.29) is 5.91 Å². The fourth-order valence-electron chi connectivity index (χ4n) is 1.61. The van der Waals surface area contributed by atoms with Gasteiger partial charge in [0.25, 0.3) is 5.91 Å². The van der Waals surface area contributed by atoms with E-state index in [1.165, 1.54) is 0 Å². The lowest BCUT2D eigenvalue weighted by Crippen LogP contribution is -2.29. The predicted octanol–water partition coefficient (Wildman–Crippen LogP) is 3.39. The predicted molar refractivity (Wildman–Crippen MR) is 84.3 cm³/mol. The van der Waals surface area contributed by atoms with E-state index in [1.807, 2.05) is 30.3 Å². The van der Waals surface area contributed by atoms with E-state index >= 15 is 0 Å². The van der Waals surface area contributed by atoms with Crippen molar-refractivity contribution in [3.8, 4) is 5.75 Å². The Kier molecular flexibility index (Phi) is 5.17. The molecule has 0 bridgehead atoms. The summed E-state index contributed by atoms with van der Waals surface area (Å²) in [6.07, 6.45) is 0. The summed E-state index contributed by atoms with van der Waals surface area (Å²) in [5.41, 5.74) is 3.53. The summed E-state index contributed by atoms with van der Waals surface area (Å²) in [6.45, 7) is 0.397. The van der Waals surface area contributed by atoms with Crippen molar-refractivity contribution in [2.24, 2.45) is 5.84 Å². The summed E-state index contributed by atoms with van der Waals surface area (Å²) in [4.78, 5) is 11.4. The molecule has 0 unspecified atom stereocenters. The zero-order valence-electron chi connectivity index (χ0n) is 10.4. The Labute approximate surface area is 133 Å². The van der Waals surface area contributed by atoms with Gasteiger partial charge in [0, 0.05) is 15.6 Å². The number of para-hydroxylation sites is 1. The van der Waals surface area contributed by atoms with E-state index in [9.17, 15) is 4.79 Å². The first-order chi connectivity index (χ1) is 9.61. The molecule has 2 aromatic carbocycles. The molecule has 0 saturated carbocycles. The van der Waals surface area contributed by atoms with Crippen LogP contribution >= 0.6 is 31.9 Å². The third-order valence-corrected chi connectivity index (χ3v) is 4.06. The molecule has 0 fully saturated rings. The van der Waals surface area contributed by atoms with E-state index in [1.54, 1.807) is 12.1 Å². The van der Waals surface area contributed by atoms with Crippen LogP contribution in [-0.2, 0) is 6.61 Å². The number of hydrogen-bond acceptors (Lipinski definition) is 3. The van der Waals surface area contributed by atoms with Gasteiger partial charge in [0.05, 0.1) is 4.47 Å². The maximum Gasteiger partial charge on any atom is 0.265 e. The standard InChI is InChI=1S/C14H12Br2N2O2/c15-11-3-1-2-4-13(11)20-8-10-6-5-9(7-12(10)16)14(19)18-17/h1-7H,8,17H2,(H,18,19). The van der Waals surface area contributed by atoms with E-state index in [2.05, 4.69) is 37.3 Å². The molecule has 0 aromatic heterocycles. The quantitative estimate of drug-likeness (QED) is 0.470. The molecule has 3 N–H and O–H groups in total. The largest absolute Gasteiger partial charge is 0.488 e. The molecule has 104 valence electrons. The minimum atomic E-state index is -0.330. The third-order valence-electron chi connectivity index (χ3n) is 2.67. The number of halogens is 2. The molecule has 0 aliphatic carbocycles. The number of carbonyl (C=O) groups excluding carboxylic acids is 1. The highest BCUT2D eigenvalue weighted by Crippen LogP contribution is 2.26. The first kappa shape index (κ1) is 15.0. The summed E-state index contributed by atoms with van der Waals surface area (Å²) in [7, 11) is 0. The number of rotatable bonds is 4. The fourth-order valence-corrected chi connectivity index (χ4v) is 2.50. The summed E-state index contributed by atoms with van der Waals surface area (Å²) in [6, 6.07) is 12.9. The molecule has 20 heavy (non-hydrogen) atoms. The third kappa shape index (κ3) is 3.59. The van der Waals surface area contributed by atoms with E-state index in [0.717, 1.165) is 20.3 Å². The first-order valence-corrected chi connectivity index (χ1v) is 7.37. The number of benzene rings is 2. The van der Waals surface area contributed by atoms with Crippen LogP contribution in [0.2, 0.25) is 0 Å². The molecule has 0 saturated heterocycles. The van der Waals surface area contributed by atoms with Crippen molar-refractivity contribution in [1.82, 2.24) is 5.43 Å². The van der Waals surface area contributed by atoms with Crippen molar-refractivity contribution in [3.63, 3.8) is 0 Å². The van der Waals surface area contributed by atoms with E-state index in [0.29, 0.717) is 12.2 Å². The van der Waals surface area contributed by atoms with Gasteiger partial charge < -0.3 is 4.74 Å². The van der Waals surface area contributed by atoms with Crippen molar-refractivity contribution in [3.05, 3.63) is 62.5 Å². The molecule has 0 aliphatic rings. The van der Waals surface area contributed by atoms with Gasteiger partial charge in [-0.05, 0) is 40.2 Å². The SMILES string of the molecule is NNC(=O)c1ccc(COc2ccccc2Br)c(Br)c1. The number of nitrogens with one attached hydrogen (secondary N) is 1. The minimum Gasteiger partial charge on any atom is -0.488 e. The van der Waals surface area contributed by atoms with Gasteiger partial charge >= 0.3 is 0 Å². The molecule has 0 aliphatic heterocycles. The molecule has 6 heteroatoms. The maximum atomic E-state index is 11.4. The Balaban J connectivity index is 2.11. The first-order valence-electron chi connectivity index (χ1n) is 5.78. The zero-order chi connectivity index (χ0) is 14.5. The molecule has 0 heterocycles. The second-order valence-corrected chi connectivity index (χ2v) is 5.71. The molecule has 0 spiro atoms. The Morgan fingerprint density at radius 3 is 2.55 bits per heavy atom. The zero-order valence-corrected chi connectivity index (χ0v) is 13.6. The number of hydrogen-bond donors (Lipinski definition) is 2. The van der Waals surface area contributed by atoms with Gasteiger partial charge in [-0.2, -0.15) is 0 Å². The van der Waals surface area contributed by atoms with Crippen LogP contribution in [0.4, 0.5) is 0 Å². The number of nitrogen functional groups attached to an aromatic ring is 1. The second-order valence-electron chi connectivity index (χ2n) is 4.00. The molecular weight excluding hydrogens is 388 g/mol. The van der Waals surface area contributed by atoms with Crippen molar-refractivity contribution < 1.29 is 9.53 Å². The molecule has 0 radical (unpaired) electrons.